The average Bonchev–Trinajstić information content (AvgIpc) is 2.41. The predicted molar refractivity (Wildman–Crippen MR) is 83.4 cm³/mol. The number of hydrogen-bond donors (Lipinski definition) is 3. The van der Waals surface area contributed by atoms with Crippen LogP contribution in [0.15, 0.2) is 0 Å². The van der Waals surface area contributed by atoms with E-state index < -0.39 is 12.2 Å². The van der Waals surface area contributed by atoms with Crippen LogP contribution >= 0.6 is 0 Å². The van der Waals surface area contributed by atoms with Crippen molar-refractivity contribution in [3.63, 3.8) is 0 Å². The van der Waals surface area contributed by atoms with Gasteiger partial charge >= 0.3 is 6.09 Å². The molecule has 1 aliphatic heterocycles. The minimum Gasteiger partial charge on any atom is -0.443 e. The van der Waals surface area contributed by atoms with Crippen molar-refractivity contribution in [3.05, 3.63) is 0 Å². The van der Waals surface area contributed by atoms with E-state index in [4.69, 9.17) is 15.2 Å². The summed E-state index contributed by atoms with van der Waals surface area (Å²) in [6.45, 7) is 6.88. The van der Waals surface area contributed by atoms with Gasteiger partial charge in [-0.2, -0.15) is 0 Å². The van der Waals surface area contributed by atoms with Gasteiger partial charge in [-0.05, 0) is 40.0 Å². The number of aldehydes is 1. The van der Waals surface area contributed by atoms with Crippen LogP contribution in [0.25, 0.3) is 0 Å². The van der Waals surface area contributed by atoms with Gasteiger partial charge in [-0.3, -0.25) is 5.32 Å². The third-order valence-corrected chi connectivity index (χ3v) is 3.31. The molecule has 1 aliphatic rings. The van der Waals surface area contributed by atoms with Crippen LogP contribution in [0.4, 0.5) is 4.79 Å². The summed E-state index contributed by atoms with van der Waals surface area (Å²) in [6, 6.07) is 0. The second-order valence-electron chi connectivity index (χ2n) is 6.59. The molecule has 3 atom stereocenters. The lowest BCUT2D eigenvalue weighted by Gasteiger charge is -2.35. The zero-order chi connectivity index (χ0) is 16.6. The standard InChI is InChI=1S/C15H29N3O4/c1-15(2,3)18-14(20)22-11(7-5-4-6-9-19)12-13(16)17-8-10-21-12/h9,11-13,17H,4-8,10,16H2,1-3H3,(H,18,20). The van der Waals surface area contributed by atoms with Crippen LogP contribution in [0.2, 0.25) is 0 Å². The molecule has 0 bridgehead atoms. The molecule has 1 heterocycles. The number of morpholine rings is 1. The first kappa shape index (κ1) is 18.9. The van der Waals surface area contributed by atoms with E-state index >= 15 is 0 Å². The highest BCUT2D eigenvalue weighted by Crippen LogP contribution is 2.17. The Kier molecular flexibility index (Phi) is 7.78. The first-order valence-corrected chi connectivity index (χ1v) is 7.86. The third kappa shape index (κ3) is 7.20. The van der Waals surface area contributed by atoms with Gasteiger partial charge in [0.2, 0.25) is 0 Å². The Labute approximate surface area is 132 Å². The molecule has 1 amide bonds. The SMILES string of the molecule is CC(C)(C)NC(=O)OC(CCCCC=O)C1OCCNC1N. The Morgan fingerprint density at radius 3 is 2.82 bits per heavy atom. The van der Waals surface area contributed by atoms with Crippen molar-refractivity contribution < 1.29 is 19.1 Å². The van der Waals surface area contributed by atoms with Crippen molar-refractivity contribution in [1.29, 1.82) is 0 Å². The number of ether oxygens (including phenoxy) is 2. The van der Waals surface area contributed by atoms with Gasteiger partial charge < -0.3 is 25.3 Å². The molecule has 0 aromatic heterocycles. The van der Waals surface area contributed by atoms with E-state index in [2.05, 4.69) is 10.6 Å². The molecule has 7 nitrogen and oxygen atoms in total. The maximum atomic E-state index is 12.0. The summed E-state index contributed by atoms with van der Waals surface area (Å²) in [4.78, 5) is 22.4. The minimum absolute atomic E-state index is 0.368. The Bertz CT molecular complexity index is 357. The van der Waals surface area contributed by atoms with Crippen molar-refractivity contribution in [2.45, 2.75) is 70.4 Å². The van der Waals surface area contributed by atoms with Crippen molar-refractivity contribution in [1.82, 2.24) is 10.6 Å². The summed E-state index contributed by atoms with van der Waals surface area (Å²) >= 11 is 0. The summed E-state index contributed by atoms with van der Waals surface area (Å²) in [5.74, 6) is 0. The highest BCUT2D eigenvalue weighted by atomic mass is 16.6. The molecule has 0 aliphatic carbocycles. The van der Waals surface area contributed by atoms with Crippen LogP contribution in [0.5, 0.6) is 0 Å². The maximum absolute atomic E-state index is 12.0. The molecule has 3 unspecified atom stereocenters. The summed E-state index contributed by atoms with van der Waals surface area (Å²) < 4.78 is 11.2. The third-order valence-electron chi connectivity index (χ3n) is 3.31. The van der Waals surface area contributed by atoms with Crippen LogP contribution in [0, 0.1) is 0 Å². The fraction of sp³-hybridized carbons (Fsp3) is 0.867. The van der Waals surface area contributed by atoms with Gasteiger partial charge in [-0.25, -0.2) is 4.79 Å². The zero-order valence-corrected chi connectivity index (χ0v) is 13.8. The van der Waals surface area contributed by atoms with Gasteiger partial charge in [-0.15, -0.1) is 0 Å². The van der Waals surface area contributed by atoms with Crippen LogP contribution < -0.4 is 16.4 Å². The monoisotopic (exact) mass is 315 g/mol. The van der Waals surface area contributed by atoms with E-state index in [0.29, 0.717) is 26.0 Å². The maximum Gasteiger partial charge on any atom is 0.407 e. The normalized spacial score (nSPS) is 23.6. The quantitative estimate of drug-likeness (QED) is 0.477. The zero-order valence-electron chi connectivity index (χ0n) is 13.8. The number of nitrogens with one attached hydrogen (secondary N) is 2. The van der Waals surface area contributed by atoms with E-state index in [1.54, 1.807) is 0 Å². The number of unbranched alkanes of at least 4 members (excludes halogenated alkanes) is 2. The van der Waals surface area contributed by atoms with Crippen LogP contribution in [0.3, 0.4) is 0 Å². The van der Waals surface area contributed by atoms with E-state index in [9.17, 15) is 9.59 Å². The smallest absolute Gasteiger partial charge is 0.407 e. The Morgan fingerprint density at radius 1 is 1.50 bits per heavy atom. The van der Waals surface area contributed by atoms with E-state index in [1.807, 2.05) is 20.8 Å². The van der Waals surface area contributed by atoms with Crippen molar-refractivity contribution in [2.75, 3.05) is 13.2 Å². The molecule has 1 saturated heterocycles. The van der Waals surface area contributed by atoms with E-state index in [-0.39, 0.29) is 17.8 Å². The first-order valence-electron chi connectivity index (χ1n) is 7.86. The molecule has 0 aromatic carbocycles. The molecule has 4 N–H and O–H groups in total. The van der Waals surface area contributed by atoms with Crippen LogP contribution in [-0.4, -0.2) is 49.4 Å². The Balaban J connectivity index is 2.60. The van der Waals surface area contributed by atoms with Crippen molar-refractivity contribution in [3.8, 4) is 0 Å². The van der Waals surface area contributed by atoms with Gasteiger partial charge in [0.05, 0.1) is 12.8 Å². The van der Waals surface area contributed by atoms with Gasteiger partial charge in [0.25, 0.3) is 0 Å². The number of rotatable bonds is 7. The fourth-order valence-corrected chi connectivity index (χ4v) is 2.32. The lowest BCUT2D eigenvalue weighted by molar-refractivity contribution is -0.108. The highest BCUT2D eigenvalue weighted by molar-refractivity contribution is 5.68. The van der Waals surface area contributed by atoms with Gasteiger partial charge in [-0.1, -0.05) is 0 Å². The molecule has 1 rings (SSSR count). The molecule has 7 heteroatoms. The molecule has 0 spiro atoms. The fourth-order valence-electron chi connectivity index (χ4n) is 2.32. The number of amides is 1. The highest BCUT2D eigenvalue weighted by Gasteiger charge is 2.33. The summed E-state index contributed by atoms with van der Waals surface area (Å²) in [5.41, 5.74) is 5.64. The molecular formula is C15H29N3O4. The van der Waals surface area contributed by atoms with E-state index in [0.717, 1.165) is 19.1 Å². The largest absolute Gasteiger partial charge is 0.443 e. The molecular weight excluding hydrogens is 286 g/mol. The number of hydrogen-bond acceptors (Lipinski definition) is 6. The second kappa shape index (κ2) is 9.07. The predicted octanol–water partition coefficient (Wildman–Crippen LogP) is 0.912. The number of nitrogens with two attached hydrogens (primary N) is 1. The number of carbonyl (C=O) groups is 2. The summed E-state index contributed by atoms with van der Waals surface area (Å²) in [5, 5.41) is 5.89. The molecule has 0 aromatic rings. The first-order chi connectivity index (χ1) is 10.3. The number of carbonyl (C=O) groups excluding carboxylic acids is 2. The average molecular weight is 315 g/mol. The number of alkyl carbamates (subject to hydrolysis) is 1. The minimum atomic E-state index is -0.478. The summed E-state index contributed by atoms with van der Waals surface area (Å²) in [6.07, 6.45) is 1.90. The van der Waals surface area contributed by atoms with Gasteiger partial charge in [0.15, 0.2) is 0 Å². The van der Waals surface area contributed by atoms with Crippen molar-refractivity contribution >= 4 is 12.4 Å². The van der Waals surface area contributed by atoms with Crippen LogP contribution in [0.1, 0.15) is 46.5 Å². The Hall–Kier alpha value is -1.18. The topological polar surface area (TPSA) is 103 Å². The Morgan fingerprint density at radius 2 is 2.23 bits per heavy atom. The molecule has 0 radical (unpaired) electrons. The lowest BCUT2D eigenvalue weighted by atomic mass is 10.0. The van der Waals surface area contributed by atoms with Gasteiger partial charge in [0, 0.05) is 18.5 Å². The van der Waals surface area contributed by atoms with E-state index in [1.165, 1.54) is 0 Å². The van der Waals surface area contributed by atoms with Crippen LogP contribution in [-0.2, 0) is 14.3 Å². The molecule has 0 saturated carbocycles. The lowest BCUT2D eigenvalue weighted by Crippen LogP contribution is -2.59. The second-order valence-corrected chi connectivity index (χ2v) is 6.59. The molecule has 22 heavy (non-hydrogen) atoms. The van der Waals surface area contributed by atoms with Crippen molar-refractivity contribution in [2.24, 2.45) is 5.73 Å². The summed E-state index contributed by atoms with van der Waals surface area (Å²) in [7, 11) is 0. The van der Waals surface area contributed by atoms with Gasteiger partial charge in [0.1, 0.15) is 18.5 Å². The molecule has 128 valence electrons. The molecule has 1 fully saturated rings.